The molecule has 8 nitrogen and oxygen atoms in total. The molecule has 4 rings (SSSR count). The van der Waals surface area contributed by atoms with Crippen LogP contribution in [0.1, 0.15) is 45.7 Å². The van der Waals surface area contributed by atoms with Crippen molar-refractivity contribution in [3.8, 4) is 0 Å². The summed E-state index contributed by atoms with van der Waals surface area (Å²) in [6.07, 6.45) is 4.85. The molecule has 1 aliphatic rings. The lowest BCUT2D eigenvalue weighted by molar-refractivity contribution is -0.114. The Kier molecular flexibility index (Phi) is 7.60. The molecule has 1 aliphatic heterocycles. The van der Waals surface area contributed by atoms with Crippen LogP contribution in [0, 0.1) is 0 Å². The first-order valence-corrected chi connectivity index (χ1v) is 11.4. The molecule has 176 valence electrons. The molecule has 2 heterocycles. The van der Waals surface area contributed by atoms with Gasteiger partial charge < -0.3 is 25.3 Å². The number of amides is 3. The third-order valence-electron chi connectivity index (χ3n) is 5.66. The number of nitrogens with one attached hydrogen (secondary N) is 3. The number of anilines is 2. The van der Waals surface area contributed by atoms with Crippen molar-refractivity contribution in [3.63, 3.8) is 0 Å². The summed E-state index contributed by atoms with van der Waals surface area (Å²) in [5.41, 5.74) is 2.50. The van der Waals surface area contributed by atoms with Crippen LogP contribution >= 0.6 is 0 Å². The van der Waals surface area contributed by atoms with Crippen LogP contribution in [0.5, 0.6) is 0 Å². The van der Waals surface area contributed by atoms with E-state index in [1.165, 1.54) is 6.42 Å². The van der Waals surface area contributed by atoms with Gasteiger partial charge in [0.25, 0.3) is 11.8 Å². The van der Waals surface area contributed by atoms with Gasteiger partial charge >= 0.3 is 0 Å². The lowest BCUT2D eigenvalue weighted by atomic mass is 10.1. The normalized spacial score (nSPS) is 13.2. The lowest BCUT2D eigenvalue weighted by Crippen LogP contribution is -2.35. The van der Waals surface area contributed by atoms with Crippen LogP contribution in [0.4, 0.5) is 11.4 Å². The number of likely N-dealkylation sites (tertiary alicyclic amines) is 1. The number of hydrogen-bond donors (Lipinski definition) is 3. The zero-order chi connectivity index (χ0) is 23.8. The van der Waals surface area contributed by atoms with Crippen molar-refractivity contribution in [3.05, 3.63) is 83.8 Å². The van der Waals surface area contributed by atoms with Gasteiger partial charge in [-0.25, -0.2) is 0 Å². The molecule has 0 spiro atoms. The van der Waals surface area contributed by atoms with E-state index in [1.807, 2.05) is 4.90 Å². The van der Waals surface area contributed by atoms with Gasteiger partial charge in [-0.15, -0.1) is 0 Å². The smallest absolute Gasteiger partial charge is 0.253 e. The standard InChI is InChI=1S/C26H28N4O4/c31-24(18-27-21-10-8-20(9-11-21)26(33)30-14-2-1-3-15-30)29-22-12-6-19(7-13-22)25(32)28-17-23-5-4-16-34-23/h4-13,16,27H,1-3,14-15,17-18H2,(H,28,32)(H,29,31). The summed E-state index contributed by atoms with van der Waals surface area (Å²) in [5, 5.41) is 8.63. The first-order chi connectivity index (χ1) is 16.6. The highest BCUT2D eigenvalue weighted by Gasteiger charge is 2.18. The van der Waals surface area contributed by atoms with Gasteiger partial charge in [0.1, 0.15) is 5.76 Å². The zero-order valence-corrected chi connectivity index (χ0v) is 18.9. The van der Waals surface area contributed by atoms with E-state index in [4.69, 9.17) is 4.42 Å². The van der Waals surface area contributed by atoms with Crippen LogP contribution in [0.25, 0.3) is 0 Å². The molecule has 3 amide bonds. The van der Waals surface area contributed by atoms with Crippen molar-refractivity contribution >= 4 is 29.1 Å². The summed E-state index contributed by atoms with van der Waals surface area (Å²) in [5.74, 6) is 0.289. The Bertz CT molecular complexity index is 1100. The number of carbonyl (C=O) groups is 3. The van der Waals surface area contributed by atoms with Gasteiger partial charge in [0, 0.05) is 35.6 Å². The number of carbonyl (C=O) groups excluding carboxylic acids is 3. The molecule has 1 fully saturated rings. The number of nitrogens with zero attached hydrogens (tertiary/aromatic N) is 1. The molecule has 1 saturated heterocycles. The second-order valence-corrected chi connectivity index (χ2v) is 8.17. The second kappa shape index (κ2) is 11.2. The fraction of sp³-hybridized carbons (Fsp3) is 0.269. The largest absolute Gasteiger partial charge is 0.467 e. The average Bonchev–Trinajstić information content (AvgIpc) is 3.41. The predicted molar refractivity (Wildman–Crippen MR) is 130 cm³/mol. The molecule has 1 aromatic heterocycles. The van der Waals surface area contributed by atoms with Gasteiger partial charge in [-0.3, -0.25) is 14.4 Å². The third kappa shape index (κ3) is 6.25. The molecule has 0 saturated carbocycles. The minimum absolute atomic E-state index is 0.0575. The van der Waals surface area contributed by atoms with Crippen molar-refractivity contribution in [2.75, 3.05) is 30.3 Å². The molecule has 3 aromatic rings. The Morgan fingerprint density at radius 1 is 0.824 bits per heavy atom. The van der Waals surface area contributed by atoms with Gasteiger partial charge in [-0.2, -0.15) is 0 Å². The fourth-order valence-electron chi connectivity index (χ4n) is 3.79. The first kappa shape index (κ1) is 23.1. The number of piperidine rings is 1. The summed E-state index contributed by atoms with van der Waals surface area (Å²) >= 11 is 0. The van der Waals surface area contributed by atoms with Gasteiger partial charge in [0.15, 0.2) is 0 Å². The number of hydrogen-bond acceptors (Lipinski definition) is 5. The summed E-state index contributed by atoms with van der Waals surface area (Å²) in [6, 6.07) is 17.4. The summed E-state index contributed by atoms with van der Waals surface area (Å²) in [6.45, 7) is 2.01. The lowest BCUT2D eigenvalue weighted by Gasteiger charge is -2.26. The monoisotopic (exact) mass is 460 g/mol. The van der Waals surface area contributed by atoms with Crippen molar-refractivity contribution < 1.29 is 18.8 Å². The topological polar surface area (TPSA) is 104 Å². The first-order valence-electron chi connectivity index (χ1n) is 11.4. The van der Waals surface area contributed by atoms with E-state index in [0.717, 1.165) is 31.6 Å². The molecule has 3 N–H and O–H groups in total. The molecular weight excluding hydrogens is 432 g/mol. The second-order valence-electron chi connectivity index (χ2n) is 8.17. The maximum atomic E-state index is 12.5. The minimum Gasteiger partial charge on any atom is -0.467 e. The summed E-state index contributed by atoms with van der Waals surface area (Å²) < 4.78 is 5.19. The number of furan rings is 1. The van der Waals surface area contributed by atoms with Gasteiger partial charge in [-0.1, -0.05) is 0 Å². The Balaban J connectivity index is 1.22. The van der Waals surface area contributed by atoms with Crippen molar-refractivity contribution in [1.29, 1.82) is 0 Å². The Morgan fingerprint density at radius 2 is 1.50 bits per heavy atom. The van der Waals surface area contributed by atoms with E-state index in [-0.39, 0.29) is 24.3 Å². The van der Waals surface area contributed by atoms with Crippen LogP contribution in [0.15, 0.2) is 71.3 Å². The molecule has 0 aliphatic carbocycles. The van der Waals surface area contributed by atoms with E-state index < -0.39 is 0 Å². The predicted octanol–water partition coefficient (Wildman–Crippen LogP) is 3.89. The van der Waals surface area contributed by atoms with Crippen LogP contribution < -0.4 is 16.0 Å². The zero-order valence-electron chi connectivity index (χ0n) is 18.9. The van der Waals surface area contributed by atoms with E-state index in [0.29, 0.717) is 29.1 Å². The maximum absolute atomic E-state index is 12.5. The van der Waals surface area contributed by atoms with Crippen LogP contribution in [-0.4, -0.2) is 42.3 Å². The minimum atomic E-state index is -0.224. The molecule has 8 heteroatoms. The highest BCUT2D eigenvalue weighted by Crippen LogP contribution is 2.16. The fourth-order valence-corrected chi connectivity index (χ4v) is 3.79. The molecular formula is C26H28N4O4. The Morgan fingerprint density at radius 3 is 2.18 bits per heavy atom. The van der Waals surface area contributed by atoms with Gasteiger partial charge in [0.05, 0.1) is 19.4 Å². The molecule has 0 atom stereocenters. The van der Waals surface area contributed by atoms with E-state index in [9.17, 15) is 14.4 Å². The van der Waals surface area contributed by atoms with Crippen LogP contribution in [-0.2, 0) is 11.3 Å². The van der Waals surface area contributed by atoms with Crippen molar-refractivity contribution in [2.45, 2.75) is 25.8 Å². The Labute approximate surface area is 198 Å². The van der Waals surface area contributed by atoms with E-state index >= 15 is 0 Å². The van der Waals surface area contributed by atoms with Crippen LogP contribution in [0.2, 0.25) is 0 Å². The highest BCUT2D eigenvalue weighted by molar-refractivity contribution is 5.97. The van der Waals surface area contributed by atoms with Gasteiger partial charge in [0.2, 0.25) is 5.91 Å². The molecule has 2 aromatic carbocycles. The number of rotatable bonds is 8. The third-order valence-corrected chi connectivity index (χ3v) is 5.66. The van der Waals surface area contributed by atoms with Crippen molar-refractivity contribution in [2.24, 2.45) is 0 Å². The average molecular weight is 461 g/mol. The summed E-state index contributed by atoms with van der Waals surface area (Å²) in [7, 11) is 0. The Hall–Kier alpha value is -4.07. The number of benzene rings is 2. The molecule has 34 heavy (non-hydrogen) atoms. The van der Waals surface area contributed by atoms with E-state index in [1.54, 1.807) is 66.9 Å². The summed E-state index contributed by atoms with van der Waals surface area (Å²) in [4.78, 5) is 39.0. The van der Waals surface area contributed by atoms with Crippen LogP contribution in [0.3, 0.4) is 0 Å². The van der Waals surface area contributed by atoms with Crippen molar-refractivity contribution in [1.82, 2.24) is 10.2 Å². The molecule has 0 unspecified atom stereocenters. The molecule has 0 bridgehead atoms. The van der Waals surface area contributed by atoms with Gasteiger partial charge in [-0.05, 0) is 79.9 Å². The maximum Gasteiger partial charge on any atom is 0.253 e. The SMILES string of the molecule is O=C(CNc1ccc(C(=O)N2CCCCC2)cc1)Nc1ccc(C(=O)NCc2ccco2)cc1. The quantitative estimate of drug-likeness (QED) is 0.473. The highest BCUT2D eigenvalue weighted by atomic mass is 16.3. The van der Waals surface area contributed by atoms with E-state index in [2.05, 4.69) is 16.0 Å². The molecule has 0 radical (unpaired) electrons.